The Balaban J connectivity index is 1.63. The minimum atomic E-state index is 0.645. The maximum atomic E-state index is 3.47. The zero-order valence-corrected chi connectivity index (χ0v) is 13.6. The van der Waals surface area contributed by atoms with Gasteiger partial charge in [0.1, 0.15) is 0 Å². The smallest absolute Gasteiger partial charge is 0.0110 e. The molecule has 1 aliphatic carbocycles. The molecule has 0 unspecified atom stereocenters. The molecule has 1 saturated heterocycles. The van der Waals surface area contributed by atoms with Crippen LogP contribution in [0.5, 0.6) is 0 Å². The average molecular weight is 286 g/mol. The van der Waals surface area contributed by atoms with Gasteiger partial charge in [0.15, 0.2) is 0 Å². The summed E-state index contributed by atoms with van der Waals surface area (Å²) in [5.74, 6) is 1.44. The zero-order valence-electron chi connectivity index (χ0n) is 13.6. The average Bonchev–Trinajstić information content (AvgIpc) is 2.56. The molecule has 3 rings (SSSR count). The maximum absolute atomic E-state index is 3.47. The number of piperazine rings is 1. The number of nitrogens with one attached hydrogen (secondary N) is 1. The fourth-order valence-electron chi connectivity index (χ4n) is 4.21. The van der Waals surface area contributed by atoms with E-state index in [4.69, 9.17) is 0 Å². The second kappa shape index (κ2) is 6.93. The molecule has 116 valence electrons. The van der Waals surface area contributed by atoms with Crippen LogP contribution in [-0.2, 0) is 0 Å². The second-order valence-corrected chi connectivity index (χ2v) is 7.08. The minimum absolute atomic E-state index is 0.645. The molecule has 1 saturated carbocycles. The number of nitrogens with zero attached hydrogens (tertiary/aromatic N) is 1. The highest BCUT2D eigenvalue weighted by molar-refractivity contribution is 5.33. The summed E-state index contributed by atoms with van der Waals surface area (Å²) in [5, 5.41) is 3.47. The van der Waals surface area contributed by atoms with E-state index in [1.807, 2.05) is 0 Å². The quantitative estimate of drug-likeness (QED) is 0.910. The van der Waals surface area contributed by atoms with Gasteiger partial charge in [-0.1, -0.05) is 38.1 Å². The summed E-state index contributed by atoms with van der Waals surface area (Å²) >= 11 is 0. The van der Waals surface area contributed by atoms with Gasteiger partial charge in [-0.3, -0.25) is 4.90 Å². The van der Waals surface area contributed by atoms with E-state index >= 15 is 0 Å². The van der Waals surface area contributed by atoms with Crippen molar-refractivity contribution in [3.63, 3.8) is 0 Å². The normalized spacial score (nSPS) is 28.0. The van der Waals surface area contributed by atoms with Gasteiger partial charge in [-0.2, -0.15) is 0 Å². The highest BCUT2D eigenvalue weighted by Gasteiger charge is 2.28. The molecule has 2 aliphatic rings. The molecule has 0 radical (unpaired) electrons. The van der Waals surface area contributed by atoms with Crippen molar-refractivity contribution in [2.45, 2.75) is 57.4 Å². The van der Waals surface area contributed by atoms with Crippen LogP contribution in [0.15, 0.2) is 24.3 Å². The van der Waals surface area contributed by atoms with Crippen molar-refractivity contribution < 1.29 is 0 Å². The molecule has 1 aromatic rings. The van der Waals surface area contributed by atoms with Crippen LogP contribution in [0, 0.1) is 0 Å². The summed E-state index contributed by atoms with van der Waals surface area (Å²) in [6.45, 7) is 9.50. The molecule has 0 atom stereocenters. The summed E-state index contributed by atoms with van der Waals surface area (Å²) in [5.41, 5.74) is 3.20. The number of hydrogen-bond donors (Lipinski definition) is 1. The van der Waals surface area contributed by atoms with Crippen molar-refractivity contribution in [2.75, 3.05) is 26.2 Å². The highest BCUT2D eigenvalue weighted by atomic mass is 15.2. The zero-order chi connectivity index (χ0) is 14.7. The Morgan fingerprint density at radius 1 is 1.00 bits per heavy atom. The lowest BCUT2D eigenvalue weighted by Gasteiger charge is -2.39. The van der Waals surface area contributed by atoms with Gasteiger partial charge in [0.25, 0.3) is 0 Å². The molecule has 2 fully saturated rings. The van der Waals surface area contributed by atoms with Crippen molar-refractivity contribution in [1.82, 2.24) is 10.2 Å². The summed E-state index contributed by atoms with van der Waals surface area (Å²) < 4.78 is 0. The Morgan fingerprint density at radius 3 is 2.33 bits per heavy atom. The first-order valence-corrected chi connectivity index (χ1v) is 8.79. The molecule has 0 amide bonds. The first kappa shape index (κ1) is 15.1. The van der Waals surface area contributed by atoms with Crippen molar-refractivity contribution in [1.29, 1.82) is 0 Å². The largest absolute Gasteiger partial charge is 0.314 e. The standard InChI is InChI=1S/C19H30N2/c1-15(2)18-5-3-4-6-19(18)16-7-9-17(10-8-16)21-13-11-20-12-14-21/h3-6,15-17,20H,7-14H2,1-2H3. The Kier molecular flexibility index (Phi) is 4.97. The molecule has 1 aromatic carbocycles. The fourth-order valence-corrected chi connectivity index (χ4v) is 4.21. The summed E-state index contributed by atoms with van der Waals surface area (Å²) in [7, 11) is 0. The summed E-state index contributed by atoms with van der Waals surface area (Å²) in [4.78, 5) is 2.72. The van der Waals surface area contributed by atoms with E-state index in [0.717, 1.165) is 12.0 Å². The monoisotopic (exact) mass is 286 g/mol. The van der Waals surface area contributed by atoms with Gasteiger partial charge < -0.3 is 5.32 Å². The topological polar surface area (TPSA) is 15.3 Å². The van der Waals surface area contributed by atoms with Gasteiger partial charge in [-0.25, -0.2) is 0 Å². The third-order valence-corrected chi connectivity index (χ3v) is 5.42. The number of hydrogen-bond acceptors (Lipinski definition) is 2. The third kappa shape index (κ3) is 3.49. The van der Waals surface area contributed by atoms with Gasteiger partial charge >= 0.3 is 0 Å². The third-order valence-electron chi connectivity index (χ3n) is 5.42. The second-order valence-electron chi connectivity index (χ2n) is 7.08. The first-order chi connectivity index (χ1) is 10.3. The highest BCUT2D eigenvalue weighted by Crippen LogP contribution is 2.38. The molecule has 0 bridgehead atoms. The van der Waals surface area contributed by atoms with Crippen LogP contribution in [0.1, 0.15) is 62.5 Å². The molecule has 0 aromatic heterocycles. The predicted octanol–water partition coefficient (Wildman–Crippen LogP) is 3.74. The van der Waals surface area contributed by atoms with E-state index in [1.54, 1.807) is 11.1 Å². The van der Waals surface area contributed by atoms with Gasteiger partial charge in [0, 0.05) is 32.2 Å². The Bertz CT molecular complexity index is 441. The Morgan fingerprint density at radius 2 is 1.67 bits per heavy atom. The van der Waals surface area contributed by atoms with Gasteiger partial charge in [0.05, 0.1) is 0 Å². The predicted molar refractivity (Wildman–Crippen MR) is 90.0 cm³/mol. The van der Waals surface area contributed by atoms with E-state index in [9.17, 15) is 0 Å². The van der Waals surface area contributed by atoms with E-state index in [-0.39, 0.29) is 0 Å². The summed E-state index contributed by atoms with van der Waals surface area (Å²) in [6.07, 6.45) is 5.52. The molecule has 2 heteroatoms. The van der Waals surface area contributed by atoms with E-state index in [0.29, 0.717) is 5.92 Å². The van der Waals surface area contributed by atoms with E-state index in [2.05, 4.69) is 48.3 Å². The molecular formula is C19H30N2. The van der Waals surface area contributed by atoms with Crippen molar-refractivity contribution >= 4 is 0 Å². The van der Waals surface area contributed by atoms with Gasteiger partial charge in [-0.05, 0) is 48.6 Å². The SMILES string of the molecule is CC(C)c1ccccc1C1CCC(N2CCNCC2)CC1. The van der Waals surface area contributed by atoms with E-state index in [1.165, 1.54) is 51.9 Å². The van der Waals surface area contributed by atoms with Gasteiger partial charge in [0.2, 0.25) is 0 Å². The van der Waals surface area contributed by atoms with Crippen LogP contribution >= 0.6 is 0 Å². The lowest BCUT2D eigenvalue weighted by Crippen LogP contribution is -2.49. The van der Waals surface area contributed by atoms with Crippen LogP contribution < -0.4 is 5.32 Å². The lowest BCUT2D eigenvalue weighted by atomic mass is 9.78. The molecule has 1 N–H and O–H groups in total. The van der Waals surface area contributed by atoms with Crippen molar-refractivity contribution in [2.24, 2.45) is 0 Å². The molecule has 21 heavy (non-hydrogen) atoms. The maximum Gasteiger partial charge on any atom is 0.0110 e. The molecule has 1 heterocycles. The molecular weight excluding hydrogens is 256 g/mol. The van der Waals surface area contributed by atoms with Crippen LogP contribution in [0.4, 0.5) is 0 Å². The minimum Gasteiger partial charge on any atom is -0.314 e. The Hall–Kier alpha value is -0.860. The van der Waals surface area contributed by atoms with E-state index < -0.39 is 0 Å². The van der Waals surface area contributed by atoms with Crippen LogP contribution in [0.25, 0.3) is 0 Å². The Labute approximate surface area is 129 Å². The summed E-state index contributed by atoms with van der Waals surface area (Å²) in [6, 6.07) is 9.98. The fraction of sp³-hybridized carbons (Fsp3) is 0.684. The number of rotatable bonds is 3. The molecule has 0 spiro atoms. The molecule has 1 aliphatic heterocycles. The van der Waals surface area contributed by atoms with Crippen molar-refractivity contribution in [3.05, 3.63) is 35.4 Å². The van der Waals surface area contributed by atoms with Crippen LogP contribution in [0.2, 0.25) is 0 Å². The first-order valence-electron chi connectivity index (χ1n) is 8.79. The van der Waals surface area contributed by atoms with Crippen LogP contribution in [-0.4, -0.2) is 37.1 Å². The molecule has 2 nitrogen and oxygen atoms in total. The van der Waals surface area contributed by atoms with Crippen molar-refractivity contribution in [3.8, 4) is 0 Å². The lowest BCUT2D eigenvalue weighted by molar-refractivity contribution is 0.133. The van der Waals surface area contributed by atoms with Gasteiger partial charge in [-0.15, -0.1) is 0 Å². The number of benzene rings is 1. The van der Waals surface area contributed by atoms with Crippen LogP contribution in [0.3, 0.4) is 0 Å².